The molecule has 3 heterocycles. The zero-order valence-corrected chi connectivity index (χ0v) is 9.41. The van der Waals surface area contributed by atoms with E-state index in [0.29, 0.717) is 28.2 Å². The molecule has 0 bridgehead atoms. The number of rotatable bonds is 1. The van der Waals surface area contributed by atoms with Crippen molar-refractivity contribution in [2.45, 2.75) is 0 Å². The third-order valence-electron chi connectivity index (χ3n) is 2.63. The van der Waals surface area contributed by atoms with Gasteiger partial charge in [-0.2, -0.15) is 0 Å². The summed E-state index contributed by atoms with van der Waals surface area (Å²) in [5.41, 5.74) is 15.1. The minimum atomic E-state index is 0.376. The molecule has 0 atom stereocenters. The Morgan fingerprint density at radius 3 is 2.67 bits per heavy atom. The third kappa shape index (κ3) is 1.60. The van der Waals surface area contributed by atoms with E-state index in [4.69, 9.17) is 11.5 Å². The molecule has 18 heavy (non-hydrogen) atoms. The van der Waals surface area contributed by atoms with Gasteiger partial charge in [0, 0.05) is 18.0 Å². The summed E-state index contributed by atoms with van der Waals surface area (Å²) >= 11 is 0. The normalized spacial score (nSPS) is 10.7. The third-order valence-corrected chi connectivity index (χ3v) is 2.63. The van der Waals surface area contributed by atoms with Gasteiger partial charge in [0.05, 0.1) is 16.9 Å². The van der Waals surface area contributed by atoms with Crippen LogP contribution in [0, 0.1) is 0 Å². The van der Waals surface area contributed by atoms with E-state index in [2.05, 4.69) is 19.9 Å². The van der Waals surface area contributed by atoms with E-state index >= 15 is 0 Å². The molecular weight excluding hydrogens is 228 g/mol. The summed E-state index contributed by atoms with van der Waals surface area (Å²) in [6, 6.07) is 5.29. The van der Waals surface area contributed by atoms with Crippen molar-refractivity contribution in [2.75, 3.05) is 11.5 Å². The van der Waals surface area contributed by atoms with Crippen LogP contribution in [0.25, 0.3) is 22.3 Å². The van der Waals surface area contributed by atoms with Gasteiger partial charge in [0.15, 0.2) is 0 Å². The first-order valence-corrected chi connectivity index (χ1v) is 5.33. The van der Waals surface area contributed by atoms with Crippen LogP contribution in [-0.4, -0.2) is 19.9 Å². The monoisotopic (exact) mass is 238 g/mol. The number of nitrogen functional groups attached to an aromatic ring is 2. The van der Waals surface area contributed by atoms with E-state index < -0.39 is 0 Å². The highest BCUT2D eigenvalue weighted by Crippen LogP contribution is 2.27. The molecule has 0 saturated heterocycles. The molecule has 0 saturated carbocycles. The van der Waals surface area contributed by atoms with Crippen LogP contribution in [-0.2, 0) is 0 Å². The van der Waals surface area contributed by atoms with Crippen molar-refractivity contribution in [1.82, 2.24) is 19.9 Å². The molecule has 0 amide bonds. The van der Waals surface area contributed by atoms with E-state index in [0.717, 1.165) is 5.56 Å². The molecule has 0 radical (unpaired) electrons. The maximum atomic E-state index is 5.93. The van der Waals surface area contributed by atoms with E-state index in [9.17, 15) is 0 Å². The highest BCUT2D eigenvalue weighted by molar-refractivity contribution is 5.91. The first-order valence-electron chi connectivity index (χ1n) is 5.33. The molecule has 0 aliphatic carbocycles. The van der Waals surface area contributed by atoms with Crippen molar-refractivity contribution < 1.29 is 0 Å². The zero-order chi connectivity index (χ0) is 12.5. The van der Waals surface area contributed by atoms with Crippen molar-refractivity contribution in [3.8, 4) is 11.3 Å². The van der Waals surface area contributed by atoms with Crippen molar-refractivity contribution in [1.29, 1.82) is 0 Å². The molecule has 3 aromatic rings. The summed E-state index contributed by atoms with van der Waals surface area (Å²) in [6.07, 6.45) is 4.75. The molecule has 0 spiro atoms. The van der Waals surface area contributed by atoms with Crippen LogP contribution in [0.5, 0.6) is 0 Å². The molecular formula is C12H10N6. The van der Waals surface area contributed by atoms with E-state index in [1.165, 1.54) is 6.33 Å². The SMILES string of the molecule is Nc1nc2c(N)ccnc2cc1-c1ccncn1. The molecule has 3 rings (SSSR count). The highest BCUT2D eigenvalue weighted by Gasteiger charge is 2.09. The Hall–Kier alpha value is -2.76. The van der Waals surface area contributed by atoms with Gasteiger partial charge in [0.2, 0.25) is 0 Å². The molecule has 0 aliphatic rings. The summed E-state index contributed by atoms with van der Waals surface area (Å²) in [7, 11) is 0. The standard InChI is InChI=1S/C12H10N6/c13-8-1-4-16-10-5-7(12(14)18-11(8)10)9-2-3-15-6-17-9/h1-6H,(H2,13,16)(H2,14,18). The fraction of sp³-hybridized carbons (Fsp3) is 0. The van der Waals surface area contributed by atoms with Crippen molar-refractivity contribution in [3.05, 3.63) is 36.9 Å². The predicted molar refractivity (Wildman–Crippen MR) is 69.4 cm³/mol. The van der Waals surface area contributed by atoms with Gasteiger partial charge in [-0.1, -0.05) is 0 Å². The lowest BCUT2D eigenvalue weighted by molar-refractivity contribution is 1.17. The van der Waals surface area contributed by atoms with Gasteiger partial charge in [0.1, 0.15) is 17.7 Å². The smallest absolute Gasteiger partial charge is 0.133 e. The Morgan fingerprint density at radius 2 is 1.89 bits per heavy atom. The minimum Gasteiger partial charge on any atom is -0.397 e. The lowest BCUT2D eigenvalue weighted by Gasteiger charge is -2.07. The Balaban J connectivity index is 2.29. The number of nitrogens with two attached hydrogens (primary N) is 2. The van der Waals surface area contributed by atoms with Crippen LogP contribution in [0.1, 0.15) is 0 Å². The molecule has 6 nitrogen and oxygen atoms in total. The summed E-state index contributed by atoms with van der Waals surface area (Å²) in [5.74, 6) is 0.376. The molecule has 0 aromatic carbocycles. The number of hydrogen-bond donors (Lipinski definition) is 2. The van der Waals surface area contributed by atoms with Crippen molar-refractivity contribution >= 4 is 22.5 Å². The second-order valence-corrected chi connectivity index (χ2v) is 3.78. The van der Waals surface area contributed by atoms with Gasteiger partial charge < -0.3 is 11.5 Å². The fourth-order valence-corrected chi connectivity index (χ4v) is 1.76. The van der Waals surface area contributed by atoms with Crippen LogP contribution in [0.2, 0.25) is 0 Å². The number of pyridine rings is 2. The maximum absolute atomic E-state index is 5.93. The van der Waals surface area contributed by atoms with Crippen LogP contribution in [0.15, 0.2) is 36.9 Å². The first-order chi connectivity index (χ1) is 8.75. The van der Waals surface area contributed by atoms with Gasteiger partial charge in [0.25, 0.3) is 0 Å². The molecule has 0 unspecified atom stereocenters. The molecule has 0 aliphatic heterocycles. The second kappa shape index (κ2) is 3.92. The van der Waals surface area contributed by atoms with Crippen LogP contribution in [0.4, 0.5) is 11.5 Å². The Morgan fingerprint density at radius 1 is 1.00 bits per heavy atom. The van der Waals surface area contributed by atoms with Gasteiger partial charge in [-0.15, -0.1) is 0 Å². The molecule has 0 fully saturated rings. The average molecular weight is 238 g/mol. The Labute approximate surface area is 103 Å². The maximum Gasteiger partial charge on any atom is 0.133 e. The number of nitrogens with zero attached hydrogens (tertiary/aromatic N) is 4. The number of aromatic nitrogens is 4. The number of hydrogen-bond acceptors (Lipinski definition) is 6. The summed E-state index contributed by atoms with van der Waals surface area (Å²) < 4.78 is 0. The average Bonchev–Trinajstić information content (AvgIpc) is 2.40. The first kappa shape index (κ1) is 10.4. The van der Waals surface area contributed by atoms with Crippen LogP contribution in [0.3, 0.4) is 0 Å². The molecule has 6 heteroatoms. The van der Waals surface area contributed by atoms with Gasteiger partial charge >= 0.3 is 0 Å². The fourth-order valence-electron chi connectivity index (χ4n) is 1.76. The van der Waals surface area contributed by atoms with Crippen LogP contribution >= 0.6 is 0 Å². The van der Waals surface area contributed by atoms with Crippen LogP contribution < -0.4 is 11.5 Å². The Kier molecular flexibility index (Phi) is 2.26. The lowest BCUT2D eigenvalue weighted by atomic mass is 10.1. The van der Waals surface area contributed by atoms with E-state index in [1.54, 1.807) is 24.5 Å². The summed E-state index contributed by atoms with van der Waals surface area (Å²) in [5, 5.41) is 0. The van der Waals surface area contributed by atoms with Gasteiger partial charge in [-0.25, -0.2) is 15.0 Å². The second-order valence-electron chi connectivity index (χ2n) is 3.78. The minimum absolute atomic E-state index is 0.376. The number of anilines is 2. The van der Waals surface area contributed by atoms with Gasteiger partial charge in [-0.3, -0.25) is 4.98 Å². The van der Waals surface area contributed by atoms with Crippen molar-refractivity contribution in [3.63, 3.8) is 0 Å². The molecule has 3 aromatic heterocycles. The van der Waals surface area contributed by atoms with E-state index in [-0.39, 0.29) is 0 Å². The Bertz CT molecular complexity index is 710. The van der Waals surface area contributed by atoms with Gasteiger partial charge in [-0.05, 0) is 18.2 Å². The number of fused-ring (bicyclic) bond motifs is 1. The highest BCUT2D eigenvalue weighted by atomic mass is 14.9. The molecule has 4 N–H and O–H groups in total. The quantitative estimate of drug-likeness (QED) is 0.661. The zero-order valence-electron chi connectivity index (χ0n) is 9.41. The van der Waals surface area contributed by atoms with E-state index in [1.807, 2.05) is 6.07 Å². The summed E-state index contributed by atoms with van der Waals surface area (Å²) in [6.45, 7) is 0. The topological polar surface area (TPSA) is 104 Å². The predicted octanol–water partition coefficient (Wildman–Crippen LogP) is 1.25. The van der Waals surface area contributed by atoms with Crippen molar-refractivity contribution in [2.24, 2.45) is 0 Å². The summed E-state index contributed by atoms with van der Waals surface area (Å²) in [4.78, 5) is 16.5. The molecule has 88 valence electrons. The largest absolute Gasteiger partial charge is 0.397 e. The lowest BCUT2D eigenvalue weighted by Crippen LogP contribution is -1.99.